The monoisotopic (exact) mass is 216 g/mol. The summed E-state index contributed by atoms with van der Waals surface area (Å²) in [6.45, 7) is 11.9. The molecule has 0 aromatic rings. The normalized spacial score (nSPS) is 20.4. The van der Waals surface area contributed by atoms with Crippen LogP contribution in [0.5, 0.6) is 0 Å². The van der Waals surface area contributed by atoms with E-state index >= 15 is 0 Å². The van der Waals surface area contributed by atoms with E-state index in [0.717, 1.165) is 45.9 Å². The molecule has 90 valence electrons. The molecule has 0 aliphatic carbocycles. The van der Waals surface area contributed by atoms with Crippen LogP contribution in [0, 0.1) is 0 Å². The zero-order valence-electron chi connectivity index (χ0n) is 10.00. The molecule has 15 heavy (non-hydrogen) atoms. The van der Waals surface area contributed by atoms with Gasteiger partial charge in [-0.1, -0.05) is 0 Å². The van der Waals surface area contributed by atoms with Crippen LogP contribution in [-0.2, 0) is 9.47 Å². The number of piperazine rings is 1. The standard InChI is InChI=1S/C11H24N2O2/c1-3-14-10-11(2)15-9-8-13-6-4-12-5-7-13/h11-12H,3-10H2,1-2H3. The third-order valence-corrected chi connectivity index (χ3v) is 2.58. The number of hydrogen-bond acceptors (Lipinski definition) is 4. The topological polar surface area (TPSA) is 33.7 Å². The molecule has 0 amide bonds. The van der Waals surface area contributed by atoms with E-state index in [1.165, 1.54) is 0 Å². The summed E-state index contributed by atoms with van der Waals surface area (Å²) in [6, 6.07) is 0. The predicted molar refractivity (Wildman–Crippen MR) is 61.2 cm³/mol. The second-order valence-electron chi connectivity index (χ2n) is 3.93. The summed E-state index contributed by atoms with van der Waals surface area (Å²) < 4.78 is 10.9. The Bertz CT molecular complexity index is 150. The molecule has 0 aromatic carbocycles. The minimum absolute atomic E-state index is 0.216. The molecule has 0 aromatic heterocycles. The first-order valence-corrected chi connectivity index (χ1v) is 5.95. The molecule has 1 unspecified atom stereocenters. The van der Waals surface area contributed by atoms with Crippen LogP contribution >= 0.6 is 0 Å². The summed E-state index contributed by atoms with van der Waals surface area (Å²) in [5, 5.41) is 3.34. The van der Waals surface area contributed by atoms with Crippen molar-refractivity contribution >= 4 is 0 Å². The van der Waals surface area contributed by atoms with Crippen molar-refractivity contribution in [3.63, 3.8) is 0 Å². The van der Waals surface area contributed by atoms with E-state index in [1.807, 2.05) is 6.92 Å². The molecule has 1 aliphatic heterocycles. The predicted octanol–water partition coefficient (Wildman–Crippen LogP) is 0.333. The number of ether oxygens (including phenoxy) is 2. The maximum absolute atomic E-state index is 5.66. The zero-order chi connectivity index (χ0) is 10.9. The molecule has 1 heterocycles. The maximum atomic E-state index is 5.66. The van der Waals surface area contributed by atoms with Crippen molar-refractivity contribution in [1.82, 2.24) is 10.2 Å². The zero-order valence-corrected chi connectivity index (χ0v) is 10.00. The molecule has 1 N–H and O–H groups in total. The first-order chi connectivity index (χ1) is 7.33. The molecule has 4 heteroatoms. The highest BCUT2D eigenvalue weighted by molar-refractivity contribution is 4.67. The van der Waals surface area contributed by atoms with Crippen molar-refractivity contribution in [2.24, 2.45) is 0 Å². The van der Waals surface area contributed by atoms with Gasteiger partial charge in [-0.25, -0.2) is 0 Å². The third kappa shape index (κ3) is 6.10. The third-order valence-electron chi connectivity index (χ3n) is 2.58. The van der Waals surface area contributed by atoms with Crippen LogP contribution in [0.15, 0.2) is 0 Å². The van der Waals surface area contributed by atoms with Crippen molar-refractivity contribution < 1.29 is 9.47 Å². The number of nitrogens with one attached hydrogen (secondary N) is 1. The van der Waals surface area contributed by atoms with E-state index in [0.29, 0.717) is 6.61 Å². The highest BCUT2D eigenvalue weighted by Crippen LogP contribution is 1.95. The van der Waals surface area contributed by atoms with Gasteiger partial charge in [0, 0.05) is 39.3 Å². The molecule has 1 fully saturated rings. The van der Waals surface area contributed by atoms with Gasteiger partial charge in [-0.05, 0) is 13.8 Å². The summed E-state index contributed by atoms with van der Waals surface area (Å²) in [7, 11) is 0. The van der Waals surface area contributed by atoms with Crippen molar-refractivity contribution in [3.8, 4) is 0 Å². The molecule has 1 rings (SSSR count). The lowest BCUT2D eigenvalue weighted by atomic mass is 10.3. The fourth-order valence-corrected chi connectivity index (χ4v) is 1.65. The van der Waals surface area contributed by atoms with Crippen LogP contribution in [0.1, 0.15) is 13.8 Å². The van der Waals surface area contributed by atoms with Crippen LogP contribution in [0.2, 0.25) is 0 Å². The van der Waals surface area contributed by atoms with Crippen LogP contribution in [0.25, 0.3) is 0 Å². The molecule has 4 nitrogen and oxygen atoms in total. The molecule has 0 radical (unpaired) electrons. The molecular formula is C11H24N2O2. The van der Waals surface area contributed by atoms with Gasteiger partial charge in [-0.2, -0.15) is 0 Å². The van der Waals surface area contributed by atoms with Gasteiger partial charge < -0.3 is 14.8 Å². The van der Waals surface area contributed by atoms with E-state index in [4.69, 9.17) is 9.47 Å². The van der Waals surface area contributed by atoms with Crippen molar-refractivity contribution in [3.05, 3.63) is 0 Å². The summed E-state index contributed by atoms with van der Waals surface area (Å²) in [5.41, 5.74) is 0. The highest BCUT2D eigenvalue weighted by Gasteiger charge is 2.09. The fraction of sp³-hybridized carbons (Fsp3) is 1.00. The smallest absolute Gasteiger partial charge is 0.0781 e. The van der Waals surface area contributed by atoms with E-state index in [9.17, 15) is 0 Å². The molecule has 1 saturated heterocycles. The molecule has 0 spiro atoms. The van der Waals surface area contributed by atoms with Gasteiger partial charge in [0.1, 0.15) is 0 Å². The van der Waals surface area contributed by atoms with Gasteiger partial charge in [0.15, 0.2) is 0 Å². The highest BCUT2D eigenvalue weighted by atomic mass is 16.5. The number of hydrogen-bond donors (Lipinski definition) is 1. The summed E-state index contributed by atoms with van der Waals surface area (Å²) in [4.78, 5) is 2.43. The first-order valence-electron chi connectivity index (χ1n) is 5.95. The lowest BCUT2D eigenvalue weighted by molar-refractivity contribution is -0.0112. The van der Waals surface area contributed by atoms with Crippen LogP contribution in [0.3, 0.4) is 0 Å². The van der Waals surface area contributed by atoms with E-state index < -0.39 is 0 Å². The average Bonchev–Trinajstić information content (AvgIpc) is 2.28. The minimum Gasteiger partial charge on any atom is -0.379 e. The Hall–Kier alpha value is -0.160. The van der Waals surface area contributed by atoms with E-state index in [1.54, 1.807) is 0 Å². The van der Waals surface area contributed by atoms with Crippen molar-refractivity contribution in [2.75, 3.05) is 52.5 Å². The Labute approximate surface area is 92.9 Å². The number of rotatable bonds is 7. The quantitative estimate of drug-likeness (QED) is 0.665. The molecule has 0 saturated carbocycles. The first kappa shape index (κ1) is 12.9. The second kappa shape index (κ2) is 8.05. The molecule has 1 aliphatic rings. The summed E-state index contributed by atoms with van der Waals surface area (Å²) >= 11 is 0. The second-order valence-corrected chi connectivity index (χ2v) is 3.93. The molecule has 1 atom stereocenters. The maximum Gasteiger partial charge on any atom is 0.0781 e. The Morgan fingerprint density at radius 3 is 2.73 bits per heavy atom. The number of nitrogens with zero attached hydrogens (tertiary/aromatic N) is 1. The Kier molecular flexibility index (Phi) is 6.92. The van der Waals surface area contributed by atoms with Gasteiger partial charge in [-0.15, -0.1) is 0 Å². The van der Waals surface area contributed by atoms with Gasteiger partial charge in [0.2, 0.25) is 0 Å². The van der Waals surface area contributed by atoms with E-state index in [-0.39, 0.29) is 6.10 Å². The molecule has 0 bridgehead atoms. The lowest BCUT2D eigenvalue weighted by Crippen LogP contribution is -2.44. The fourth-order valence-electron chi connectivity index (χ4n) is 1.65. The molecular weight excluding hydrogens is 192 g/mol. The van der Waals surface area contributed by atoms with Crippen LogP contribution < -0.4 is 5.32 Å². The average molecular weight is 216 g/mol. The van der Waals surface area contributed by atoms with Gasteiger partial charge in [-0.3, -0.25) is 4.90 Å². The van der Waals surface area contributed by atoms with Crippen LogP contribution in [-0.4, -0.2) is 63.5 Å². The lowest BCUT2D eigenvalue weighted by Gasteiger charge is -2.27. The summed E-state index contributed by atoms with van der Waals surface area (Å²) in [6.07, 6.45) is 0.216. The minimum atomic E-state index is 0.216. The van der Waals surface area contributed by atoms with Gasteiger partial charge in [0.05, 0.1) is 19.3 Å². The van der Waals surface area contributed by atoms with Crippen molar-refractivity contribution in [1.29, 1.82) is 0 Å². The largest absolute Gasteiger partial charge is 0.379 e. The van der Waals surface area contributed by atoms with E-state index in [2.05, 4.69) is 17.1 Å². The summed E-state index contributed by atoms with van der Waals surface area (Å²) in [5.74, 6) is 0. The van der Waals surface area contributed by atoms with Gasteiger partial charge >= 0.3 is 0 Å². The van der Waals surface area contributed by atoms with Gasteiger partial charge in [0.25, 0.3) is 0 Å². The Balaban J connectivity index is 1.94. The van der Waals surface area contributed by atoms with Crippen molar-refractivity contribution in [2.45, 2.75) is 20.0 Å². The SMILES string of the molecule is CCOCC(C)OCCN1CCNCC1. The Morgan fingerprint density at radius 1 is 1.33 bits per heavy atom. The van der Waals surface area contributed by atoms with Crippen LogP contribution in [0.4, 0.5) is 0 Å². The Morgan fingerprint density at radius 2 is 2.07 bits per heavy atom.